The molecule has 49 heavy (non-hydrogen) atoms. The Morgan fingerprint density at radius 2 is 1.82 bits per heavy atom. The van der Waals surface area contributed by atoms with E-state index in [1.807, 2.05) is 0 Å². The van der Waals surface area contributed by atoms with Crippen LogP contribution in [-0.2, 0) is 14.3 Å². The first-order valence-electron chi connectivity index (χ1n) is 19.5. The second-order valence-corrected chi connectivity index (χ2v) is 18.9. The molecule has 0 amide bonds. The minimum atomic E-state index is -0.620. The van der Waals surface area contributed by atoms with Crippen molar-refractivity contribution in [3.05, 3.63) is 11.6 Å². The summed E-state index contributed by atoms with van der Waals surface area (Å²) in [5, 5.41) is 28.0. The fourth-order valence-corrected chi connectivity index (χ4v) is 13.4. The highest BCUT2D eigenvalue weighted by Gasteiger charge is 2.72. The molecule has 6 aliphatic rings. The number of hydrogen-bond acceptors (Lipinski definition) is 8. The Hall–Kier alpha value is -2.04. The van der Waals surface area contributed by atoms with Crippen LogP contribution in [0.5, 0.6) is 0 Å². The van der Waals surface area contributed by atoms with E-state index >= 15 is 0 Å². The molecule has 1 aromatic heterocycles. The summed E-state index contributed by atoms with van der Waals surface area (Å²) in [6.45, 7) is 18.2. The van der Waals surface area contributed by atoms with Crippen molar-refractivity contribution in [2.75, 3.05) is 32.6 Å². The first-order valence-corrected chi connectivity index (χ1v) is 19.5. The average molecular weight is 681 g/mol. The van der Waals surface area contributed by atoms with Crippen molar-refractivity contribution in [1.82, 2.24) is 25.5 Å². The number of anilines is 1. The van der Waals surface area contributed by atoms with Gasteiger partial charge in [0.2, 0.25) is 0 Å². The number of nitrogens with two attached hydrogens (primary N) is 1. The molecule has 274 valence electrons. The monoisotopic (exact) mass is 680 g/mol. The summed E-state index contributed by atoms with van der Waals surface area (Å²) in [6.07, 6.45) is 14.1. The minimum Gasteiger partial charge on any atom is -0.481 e. The smallest absolute Gasteiger partial charge is 0.307 e. The fourth-order valence-electron chi connectivity index (χ4n) is 13.4. The summed E-state index contributed by atoms with van der Waals surface area (Å²) in [6, 6.07) is -0.137. The third-order valence-electron chi connectivity index (χ3n) is 16.7. The van der Waals surface area contributed by atoms with Gasteiger partial charge in [-0.2, -0.15) is 4.80 Å². The van der Waals surface area contributed by atoms with Gasteiger partial charge in [-0.05, 0) is 104 Å². The maximum Gasteiger partial charge on any atom is 0.307 e. The van der Waals surface area contributed by atoms with Crippen molar-refractivity contribution in [3.8, 4) is 0 Å². The van der Waals surface area contributed by atoms with Gasteiger partial charge in [0, 0.05) is 16.4 Å². The number of hydrogen-bond donors (Lipinski definition) is 3. The maximum atomic E-state index is 13.5. The average Bonchev–Trinajstić information content (AvgIpc) is 3.50. The van der Waals surface area contributed by atoms with Gasteiger partial charge in [0.25, 0.3) is 5.95 Å². The quantitative estimate of drug-likeness (QED) is 0.256. The number of nitrogen functional groups attached to an aromatic ring is 1. The van der Waals surface area contributed by atoms with Gasteiger partial charge in [-0.15, -0.1) is 5.10 Å². The molecule has 10 nitrogen and oxygen atoms in total. The van der Waals surface area contributed by atoms with Crippen LogP contribution in [0.25, 0.3) is 0 Å². The lowest BCUT2D eigenvalue weighted by atomic mass is 9.34. The van der Waals surface area contributed by atoms with Crippen molar-refractivity contribution in [2.45, 2.75) is 137 Å². The molecule has 0 aromatic carbocycles. The highest BCUT2D eigenvalue weighted by Crippen LogP contribution is 2.75. The Morgan fingerprint density at radius 1 is 1.08 bits per heavy atom. The van der Waals surface area contributed by atoms with E-state index in [1.165, 1.54) is 24.8 Å². The highest BCUT2D eigenvalue weighted by atomic mass is 16.5. The van der Waals surface area contributed by atoms with Gasteiger partial charge in [0.05, 0.1) is 31.8 Å². The molecule has 11 atom stereocenters. The zero-order valence-electron chi connectivity index (χ0n) is 31.6. The number of aromatic nitrogens is 4. The molecule has 0 spiro atoms. The van der Waals surface area contributed by atoms with Crippen LogP contribution in [0.15, 0.2) is 11.6 Å². The lowest BCUT2D eigenvalue weighted by Crippen LogP contribution is -2.69. The summed E-state index contributed by atoms with van der Waals surface area (Å²) in [7, 11) is 2.08. The summed E-state index contributed by atoms with van der Waals surface area (Å²) in [4.78, 5) is 15.2. The number of rotatable bonds is 8. The van der Waals surface area contributed by atoms with Gasteiger partial charge < -0.3 is 25.6 Å². The summed E-state index contributed by atoms with van der Waals surface area (Å²) in [5.41, 5.74) is 6.38. The van der Waals surface area contributed by atoms with E-state index in [0.29, 0.717) is 43.5 Å². The van der Waals surface area contributed by atoms with Crippen molar-refractivity contribution < 1.29 is 19.4 Å². The number of carboxylic acids is 1. The molecule has 4 saturated carbocycles. The van der Waals surface area contributed by atoms with Crippen LogP contribution in [-0.4, -0.2) is 69.8 Å². The Morgan fingerprint density at radius 3 is 2.45 bits per heavy atom. The van der Waals surface area contributed by atoms with Gasteiger partial charge in [-0.3, -0.25) is 4.79 Å². The number of carboxylic acid groups (broad SMARTS) is 1. The van der Waals surface area contributed by atoms with E-state index in [2.05, 4.69) is 82.3 Å². The molecule has 1 aliphatic heterocycles. The minimum absolute atomic E-state index is 0.0239. The van der Waals surface area contributed by atoms with Crippen LogP contribution in [0, 0.1) is 56.7 Å². The van der Waals surface area contributed by atoms with Crippen LogP contribution >= 0.6 is 0 Å². The van der Waals surface area contributed by atoms with Crippen molar-refractivity contribution >= 4 is 11.9 Å². The molecule has 4 N–H and O–H groups in total. The lowest BCUT2D eigenvalue weighted by molar-refractivity contribution is -0.254. The summed E-state index contributed by atoms with van der Waals surface area (Å²) in [5.74, 6) is 0.587. The number of carbonyl (C=O) groups is 1. The molecule has 5 fully saturated rings. The third kappa shape index (κ3) is 4.95. The Bertz CT molecular complexity index is 1460. The molecule has 2 bridgehead atoms. The molecule has 7 rings (SSSR count). The van der Waals surface area contributed by atoms with E-state index in [1.54, 1.807) is 4.80 Å². The van der Waals surface area contributed by atoms with Crippen LogP contribution in [0.4, 0.5) is 5.95 Å². The second kappa shape index (κ2) is 12.0. The number of ether oxygens (including phenoxy) is 2. The molecule has 1 aromatic rings. The first kappa shape index (κ1) is 35.4. The molecule has 0 radical (unpaired) electrons. The molecule has 5 aliphatic carbocycles. The molecular formula is C39H64N6O4. The maximum absolute atomic E-state index is 13.5. The van der Waals surface area contributed by atoms with Crippen LogP contribution in [0.2, 0.25) is 0 Å². The summed E-state index contributed by atoms with van der Waals surface area (Å²) < 4.78 is 13.9. The predicted molar refractivity (Wildman–Crippen MR) is 189 cm³/mol. The van der Waals surface area contributed by atoms with E-state index in [0.717, 1.165) is 51.4 Å². The second-order valence-electron chi connectivity index (χ2n) is 18.9. The van der Waals surface area contributed by atoms with E-state index < -0.39 is 11.9 Å². The number of aliphatic carboxylic acids is 1. The van der Waals surface area contributed by atoms with E-state index in [-0.39, 0.29) is 50.7 Å². The van der Waals surface area contributed by atoms with E-state index in [4.69, 9.17) is 15.2 Å². The number of nitrogens with one attached hydrogen (secondary N) is 1. The number of likely N-dealkylation sites (N-methyl/N-ethyl adjacent to an activating group) is 1. The zero-order valence-corrected chi connectivity index (χ0v) is 31.6. The SMILES string of the molecule is CNC1(CO[C@H]2[C@H](n3nnc(N)n3)C[C@@]34COC[C@@]2(C)[C@@H]3CC[C@H]2C4=CC[C@@]3(C)[C@H](C(=O)O)[C@@](C)([C@H](C)C(C)C)CC[C@]23C)CCCCC1. The Balaban J connectivity index is 1.29. The Kier molecular flexibility index (Phi) is 8.67. The molecule has 0 unspecified atom stereocenters. The Labute approximate surface area is 294 Å². The van der Waals surface area contributed by atoms with Gasteiger partial charge in [0.1, 0.15) is 6.04 Å². The number of nitrogens with zero attached hydrogens (tertiary/aromatic N) is 4. The largest absolute Gasteiger partial charge is 0.481 e. The summed E-state index contributed by atoms with van der Waals surface area (Å²) >= 11 is 0. The number of tetrazole rings is 1. The molecule has 2 heterocycles. The highest BCUT2D eigenvalue weighted by molar-refractivity contribution is 5.73. The van der Waals surface area contributed by atoms with Crippen LogP contribution in [0.3, 0.4) is 0 Å². The van der Waals surface area contributed by atoms with Crippen LogP contribution in [0.1, 0.15) is 125 Å². The van der Waals surface area contributed by atoms with Crippen molar-refractivity contribution in [1.29, 1.82) is 0 Å². The first-order chi connectivity index (χ1) is 23.1. The fraction of sp³-hybridized carbons (Fsp3) is 0.897. The van der Waals surface area contributed by atoms with Crippen molar-refractivity contribution in [3.63, 3.8) is 0 Å². The van der Waals surface area contributed by atoms with Gasteiger partial charge >= 0.3 is 5.97 Å². The van der Waals surface area contributed by atoms with Gasteiger partial charge in [-0.25, -0.2) is 0 Å². The number of fused-ring (bicyclic) bond motifs is 3. The van der Waals surface area contributed by atoms with Gasteiger partial charge in [0.15, 0.2) is 0 Å². The molecule has 1 saturated heterocycles. The zero-order chi connectivity index (χ0) is 35.2. The lowest BCUT2D eigenvalue weighted by Gasteiger charge is -2.71. The third-order valence-corrected chi connectivity index (χ3v) is 16.7. The molecule has 10 heteroatoms. The molecular weight excluding hydrogens is 616 g/mol. The topological polar surface area (TPSA) is 137 Å². The normalized spacial score (nSPS) is 45.1. The van der Waals surface area contributed by atoms with Crippen LogP contribution < -0.4 is 11.1 Å². The standard InChI is InChI=1S/C39H64N6O4/c1-24(2)25(3)34(4)18-19-36(6)26-12-13-29-35(5)21-48-23-39(29,27(26)14-17-37(36,7)30(34)32(46)47)20-28(45-43-33(40)42-44-45)31(35)49-22-38(41-8)15-10-9-11-16-38/h14,24-26,28-31,41H,9-13,15-23H2,1-8H3,(H2,40,43)(H,46,47)/t25-,26+,28-,29+,30-,31+,34-,35+,36-,37+,39+/m1/s1. The predicted octanol–water partition coefficient (Wildman–Crippen LogP) is 6.69. The van der Waals surface area contributed by atoms with E-state index in [9.17, 15) is 9.90 Å². The van der Waals surface area contributed by atoms with Crippen molar-refractivity contribution in [2.24, 2.45) is 56.7 Å². The number of allylic oxidation sites excluding steroid dienone is 1. The van der Waals surface area contributed by atoms with Gasteiger partial charge in [-0.1, -0.05) is 84.5 Å².